The van der Waals surface area contributed by atoms with Crippen LogP contribution in [0, 0.1) is 0 Å². The van der Waals surface area contributed by atoms with Crippen molar-refractivity contribution in [3.8, 4) is 5.75 Å². The van der Waals surface area contributed by atoms with Crippen molar-refractivity contribution in [1.82, 2.24) is 0 Å². The molecule has 0 bridgehead atoms. The summed E-state index contributed by atoms with van der Waals surface area (Å²) < 4.78 is 28.4. The molecule has 2 rings (SSSR count). The van der Waals surface area contributed by atoms with Gasteiger partial charge in [0.2, 0.25) is 0 Å². The maximum atomic E-state index is 11.3. The fraction of sp³-hybridized carbons (Fsp3) is 0.455. The lowest BCUT2D eigenvalue weighted by molar-refractivity contribution is 0.227. The molecule has 1 saturated heterocycles. The van der Waals surface area contributed by atoms with Crippen molar-refractivity contribution in [2.45, 2.75) is 17.9 Å². The van der Waals surface area contributed by atoms with Crippen LogP contribution in [0.1, 0.15) is 12.0 Å². The topological polar surface area (TPSA) is 43.4 Å². The molecular formula is C11H12BrClO3S. The maximum absolute atomic E-state index is 11.3. The van der Waals surface area contributed by atoms with Gasteiger partial charge in [-0.25, -0.2) is 8.42 Å². The van der Waals surface area contributed by atoms with E-state index in [0.29, 0.717) is 22.5 Å². The van der Waals surface area contributed by atoms with Crippen molar-refractivity contribution in [2.75, 3.05) is 11.5 Å². The lowest BCUT2D eigenvalue weighted by Crippen LogP contribution is -2.18. The van der Waals surface area contributed by atoms with Crippen LogP contribution in [0.15, 0.2) is 18.2 Å². The summed E-state index contributed by atoms with van der Waals surface area (Å²) in [7, 11) is -2.91. The highest BCUT2D eigenvalue weighted by molar-refractivity contribution is 9.08. The predicted octanol–water partition coefficient (Wildman–Crippen LogP) is 2.80. The monoisotopic (exact) mass is 338 g/mol. The molecule has 1 aliphatic heterocycles. The number of benzene rings is 1. The van der Waals surface area contributed by atoms with Gasteiger partial charge in [0, 0.05) is 15.9 Å². The average Bonchev–Trinajstić information content (AvgIpc) is 2.61. The Morgan fingerprint density at radius 3 is 2.82 bits per heavy atom. The molecule has 1 aromatic carbocycles. The summed E-state index contributed by atoms with van der Waals surface area (Å²) >= 11 is 9.24. The summed E-state index contributed by atoms with van der Waals surface area (Å²) in [4.78, 5) is 0. The number of hydrogen-bond donors (Lipinski definition) is 0. The first kappa shape index (κ1) is 13.2. The van der Waals surface area contributed by atoms with E-state index in [9.17, 15) is 8.42 Å². The van der Waals surface area contributed by atoms with Crippen LogP contribution in [0.25, 0.3) is 0 Å². The molecule has 0 N–H and O–H groups in total. The van der Waals surface area contributed by atoms with Gasteiger partial charge >= 0.3 is 0 Å². The Morgan fingerprint density at radius 1 is 1.47 bits per heavy atom. The standard InChI is InChI=1S/C11H12BrClO3S/c12-6-8-5-9(13)1-2-11(8)16-10-3-4-17(14,15)7-10/h1-2,5,10H,3-4,6-7H2. The number of hydrogen-bond acceptors (Lipinski definition) is 3. The largest absolute Gasteiger partial charge is 0.489 e. The van der Waals surface area contributed by atoms with E-state index >= 15 is 0 Å². The Morgan fingerprint density at radius 2 is 2.24 bits per heavy atom. The summed E-state index contributed by atoms with van der Waals surface area (Å²) in [6.45, 7) is 0. The van der Waals surface area contributed by atoms with E-state index in [1.54, 1.807) is 12.1 Å². The third-order valence-electron chi connectivity index (χ3n) is 2.65. The zero-order valence-corrected chi connectivity index (χ0v) is 12.2. The molecule has 1 fully saturated rings. The molecule has 0 spiro atoms. The Bertz CT molecular complexity index is 515. The minimum absolute atomic E-state index is 0.108. The van der Waals surface area contributed by atoms with Gasteiger partial charge in [0.15, 0.2) is 9.84 Å². The van der Waals surface area contributed by atoms with Crippen molar-refractivity contribution >= 4 is 37.4 Å². The van der Waals surface area contributed by atoms with Gasteiger partial charge < -0.3 is 4.74 Å². The third kappa shape index (κ3) is 3.36. The molecule has 1 aliphatic rings. The van der Waals surface area contributed by atoms with Crippen LogP contribution >= 0.6 is 27.5 Å². The molecule has 6 heteroatoms. The van der Waals surface area contributed by atoms with Crippen LogP contribution in [0.2, 0.25) is 5.02 Å². The smallest absolute Gasteiger partial charge is 0.154 e. The number of halogens is 2. The normalized spacial score (nSPS) is 22.6. The highest BCUT2D eigenvalue weighted by Gasteiger charge is 2.29. The molecule has 94 valence electrons. The molecule has 0 aromatic heterocycles. The first-order valence-corrected chi connectivity index (χ1v) is 8.54. The van der Waals surface area contributed by atoms with Crippen LogP contribution in [0.5, 0.6) is 5.75 Å². The van der Waals surface area contributed by atoms with E-state index in [2.05, 4.69) is 15.9 Å². The average molecular weight is 340 g/mol. The summed E-state index contributed by atoms with van der Waals surface area (Å²) in [5.41, 5.74) is 0.932. The summed E-state index contributed by atoms with van der Waals surface area (Å²) in [6, 6.07) is 5.34. The molecule has 1 heterocycles. The van der Waals surface area contributed by atoms with Crippen LogP contribution in [-0.2, 0) is 15.2 Å². The van der Waals surface area contributed by atoms with Gasteiger partial charge in [-0.1, -0.05) is 27.5 Å². The number of rotatable bonds is 3. The second-order valence-electron chi connectivity index (χ2n) is 4.03. The van der Waals surface area contributed by atoms with Gasteiger partial charge in [0.1, 0.15) is 11.9 Å². The first-order valence-electron chi connectivity index (χ1n) is 5.21. The van der Waals surface area contributed by atoms with Gasteiger partial charge in [-0.05, 0) is 24.6 Å². The molecule has 17 heavy (non-hydrogen) atoms. The van der Waals surface area contributed by atoms with Gasteiger partial charge in [-0.15, -0.1) is 0 Å². The van der Waals surface area contributed by atoms with Gasteiger partial charge in [-0.3, -0.25) is 0 Å². The van der Waals surface area contributed by atoms with E-state index in [-0.39, 0.29) is 17.6 Å². The van der Waals surface area contributed by atoms with E-state index in [1.807, 2.05) is 6.07 Å². The van der Waals surface area contributed by atoms with E-state index in [4.69, 9.17) is 16.3 Å². The van der Waals surface area contributed by atoms with Crippen LogP contribution in [-0.4, -0.2) is 26.0 Å². The lowest BCUT2D eigenvalue weighted by atomic mass is 10.2. The van der Waals surface area contributed by atoms with Crippen molar-refractivity contribution < 1.29 is 13.2 Å². The molecule has 0 radical (unpaired) electrons. The van der Waals surface area contributed by atoms with Crippen molar-refractivity contribution in [3.05, 3.63) is 28.8 Å². The van der Waals surface area contributed by atoms with E-state index in [0.717, 1.165) is 5.56 Å². The summed E-state index contributed by atoms with van der Waals surface area (Å²) in [5.74, 6) is 1.03. The Kier molecular flexibility index (Phi) is 4.00. The molecule has 0 amide bonds. The highest BCUT2D eigenvalue weighted by Crippen LogP contribution is 2.28. The molecule has 1 unspecified atom stereocenters. The lowest BCUT2D eigenvalue weighted by Gasteiger charge is -2.15. The zero-order valence-electron chi connectivity index (χ0n) is 9.03. The SMILES string of the molecule is O=S1(=O)CCC(Oc2ccc(Cl)cc2CBr)C1. The highest BCUT2D eigenvalue weighted by atomic mass is 79.9. The second kappa shape index (κ2) is 5.16. The summed E-state index contributed by atoms with van der Waals surface area (Å²) in [6.07, 6.45) is 0.325. The minimum atomic E-state index is -2.91. The van der Waals surface area contributed by atoms with Crippen molar-refractivity contribution in [1.29, 1.82) is 0 Å². The second-order valence-corrected chi connectivity index (χ2v) is 7.25. The number of ether oxygens (including phenoxy) is 1. The molecule has 1 atom stereocenters. The maximum Gasteiger partial charge on any atom is 0.154 e. The van der Waals surface area contributed by atoms with Crippen LogP contribution in [0.3, 0.4) is 0 Å². The van der Waals surface area contributed by atoms with Crippen molar-refractivity contribution in [3.63, 3.8) is 0 Å². The van der Waals surface area contributed by atoms with E-state index < -0.39 is 9.84 Å². The molecule has 0 aliphatic carbocycles. The van der Waals surface area contributed by atoms with Gasteiger partial charge in [-0.2, -0.15) is 0 Å². The van der Waals surface area contributed by atoms with Crippen LogP contribution < -0.4 is 4.74 Å². The Balaban J connectivity index is 2.14. The zero-order chi connectivity index (χ0) is 12.5. The minimum Gasteiger partial charge on any atom is -0.489 e. The van der Waals surface area contributed by atoms with Gasteiger partial charge in [0.05, 0.1) is 11.5 Å². The molecule has 0 saturated carbocycles. The quantitative estimate of drug-likeness (QED) is 0.795. The number of sulfone groups is 1. The molecule has 1 aromatic rings. The fourth-order valence-electron chi connectivity index (χ4n) is 1.80. The van der Waals surface area contributed by atoms with Crippen LogP contribution in [0.4, 0.5) is 0 Å². The first-order chi connectivity index (χ1) is 8.00. The molecular weight excluding hydrogens is 328 g/mol. The van der Waals surface area contributed by atoms with Crippen molar-refractivity contribution in [2.24, 2.45) is 0 Å². The third-order valence-corrected chi connectivity index (χ3v) is 5.23. The number of alkyl halides is 1. The Hall–Kier alpha value is -0.260. The Labute approximate surface area is 114 Å². The van der Waals surface area contributed by atoms with E-state index in [1.165, 1.54) is 0 Å². The molecule has 3 nitrogen and oxygen atoms in total. The summed E-state index contributed by atoms with van der Waals surface area (Å²) in [5, 5.41) is 1.27. The van der Waals surface area contributed by atoms with Gasteiger partial charge in [0.25, 0.3) is 0 Å². The fourth-order valence-corrected chi connectivity index (χ4v) is 4.02. The predicted molar refractivity (Wildman–Crippen MR) is 71.8 cm³/mol.